The van der Waals surface area contributed by atoms with Crippen LogP contribution < -0.4 is 0 Å². The molecule has 0 radical (unpaired) electrons. The summed E-state index contributed by atoms with van der Waals surface area (Å²) in [5, 5.41) is 1.69. The van der Waals surface area contributed by atoms with Gasteiger partial charge in [0.1, 0.15) is 11.3 Å². The van der Waals surface area contributed by atoms with E-state index in [-0.39, 0.29) is 5.97 Å². The number of nitrogens with one attached hydrogen (secondary N) is 1. The van der Waals surface area contributed by atoms with E-state index in [1.165, 1.54) is 0 Å². The quantitative estimate of drug-likeness (QED) is 0.728. The molecule has 1 aromatic carbocycles. The summed E-state index contributed by atoms with van der Waals surface area (Å²) in [6, 6.07) is 5.58. The standard InChI is InChI=1S/C13H12ClNO2/c1-13(2)6-9-8-5-7(14)3-4-10(8)15-11(9)12(16)17-13/h3-5,15H,6H2,1-2H3. The Morgan fingerprint density at radius 3 is 2.94 bits per heavy atom. The fraction of sp³-hybridized carbons (Fsp3) is 0.308. The number of rotatable bonds is 0. The van der Waals surface area contributed by atoms with Crippen molar-refractivity contribution in [1.29, 1.82) is 0 Å². The van der Waals surface area contributed by atoms with Crippen molar-refractivity contribution in [3.63, 3.8) is 0 Å². The molecule has 0 saturated carbocycles. The monoisotopic (exact) mass is 249 g/mol. The van der Waals surface area contributed by atoms with Gasteiger partial charge in [-0.3, -0.25) is 0 Å². The summed E-state index contributed by atoms with van der Waals surface area (Å²) in [5.41, 5.74) is 2.03. The Labute approximate surface area is 104 Å². The molecule has 0 atom stereocenters. The highest BCUT2D eigenvalue weighted by atomic mass is 35.5. The largest absolute Gasteiger partial charge is 0.455 e. The van der Waals surface area contributed by atoms with Crippen LogP contribution in [0.15, 0.2) is 18.2 Å². The second kappa shape index (κ2) is 3.26. The molecule has 0 saturated heterocycles. The molecular weight excluding hydrogens is 238 g/mol. The van der Waals surface area contributed by atoms with Gasteiger partial charge < -0.3 is 9.72 Å². The number of ether oxygens (including phenoxy) is 1. The van der Waals surface area contributed by atoms with Crippen LogP contribution in [0.4, 0.5) is 0 Å². The van der Waals surface area contributed by atoms with Crippen LogP contribution in [0, 0.1) is 0 Å². The first kappa shape index (κ1) is 10.7. The topological polar surface area (TPSA) is 42.1 Å². The SMILES string of the molecule is CC1(C)Cc2c([nH]c3ccc(Cl)cc23)C(=O)O1. The van der Waals surface area contributed by atoms with Gasteiger partial charge in [0.25, 0.3) is 0 Å². The summed E-state index contributed by atoms with van der Waals surface area (Å²) in [4.78, 5) is 15.0. The van der Waals surface area contributed by atoms with Crippen LogP contribution in [-0.2, 0) is 11.2 Å². The van der Waals surface area contributed by atoms with Gasteiger partial charge in [0, 0.05) is 22.3 Å². The second-order valence-electron chi connectivity index (χ2n) is 4.99. The van der Waals surface area contributed by atoms with Crippen LogP contribution in [0.2, 0.25) is 5.02 Å². The van der Waals surface area contributed by atoms with Gasteiger partial charge in [-0.2, -0.15) is 0 Å². The van der Waals surface area contributed by atoms with E-state index in [0.29, 0.717) is 17.1 Å². The van der Waals surface area contributed by atoms with Crippen molar-refractivity contribution in [1.82, 2.24) is 4.98 Å². The van der Waals surface area contributed by atoms with Gasteiger partial charge >= 0.3 is 5.97 Å². The highest BCUT2D eigenvalue weighted by Gasteiger charge is 2.34. The number of fused-ring (bicyclic) bond motifs is 3. The zero-order chi connectivity index (χ0) is 12.2. The molecule has 88 valence electrons. The number of benzene rings is 1. The van der Waals surface area contributed by atoms with E-state index in [1.54, 1.807) is 0 Å². The van der Waals surface area contributed by atoms with Crippen LogP contribution in [0.1, 0.15) is 29.9 Å². The maximum atomic E-state index is 11.9. The molecule has 2 heterocycles. The van der Waals surface area contributed by atoms with Crippen molar-refractivity contribution < 1.29 is 9.53 Å². The van der Waals surface area contributed by atoms with Crippen molar-refractivity contribution in [3.05, 3.63) is 34.5 Å². The molecule has 0 aliphatic carbocycles. The third-order valence-corrected chi connectivity index (χ3v) is 3.28. The predicted molar refractivity (Wildman–Crippen MR) is 66.5 cm³/mol. The van der Waals surface area contributed by atoms with E-state index < -0.39 is 5.60 Å². The number of hydrogen-bond donors (Lipinski definition) is 1. The molecule has 1 aromatic heterocycles. The number of hydrogen-bond acceptors (Lipinski definition) is 2. The third kappa shape index (κ3) is 1.62. The molecule has 17 heavy (non-hydrogen) atoms. The molecule has 4 heteroatoms. The first-order valence-electron chi connectivity index (χ1n) is 5.50. The van der Waals surface area contributed by atoms with Crippen molar-refractivity contribution in [2.45, 2.75) is 25.9 Å². The lowest BCUT2D eigenvalue weighted by molar-refractivity contribution is -0.00689. The number of cyclic esters (lactones) is 1. The van der Waals surface area contributed by atoms with Crippen LogP contribution in [0.25, 0.3) is 10.9 Å². The Morgan fingerprint density at radius 2 is 2.18 bits per heavy atom. The van der Waals surface area contributed by atoms with Gasteiger partial charge in [-0.1, -0.05) is 11.6 Å². The van der Waals surface area contributed by atoms with Gasteiger partial charge in [0.2, 0.25) is 0 Å². The second-order valence-corrected chi connectivity index (χ2v) is 5.43. The third-order valence-electron chi connectivity index (χ3n) is 3.04. The molecule has 1 aliphatic rings. The Morgan fingerprint density at radius 1 is 1.41 bits per heavy atom. The molecule has 0 spiro atoms. The fourth-order valence-corrected chi connectivity index (χ4v) is 2.51. The number of aromatic nitrogens is 1. The molecule has 3 nitrogen and oxygen atoms in total. The molecule has 1 N–H and O–H groups in total. The van der Waals surface area contributed by atoms with E-state index >= 15 is 0 Å². The van der Waals surface area contributed by atoms with E-state index in [2.05, 4.69) is 4.98 Å². The summed E-state index contributed by atoms with van der Waals surface area (Å²) < 4.78 is 5.36. The zero-order valence-electron chi connectivity index (χ0n) is 9.63. The lowest BCUT2D eigenvalue weighted by Crippen LogP contribution is -2.35. The summed E-state index contributed by atoms with van der Waals surface area (Å²) in [7, 11) is 0. The maximum Gasteiger partial charge on any atom is 0.355 e. The number of esters is 1. The van der Waals surface area contributed by atoms with Crippen molar-refractivity contribution in [3.8, 4) is 0 Å². The minimum atomic E-state index is -0.457. The first-order valence-corrected chi connectivity index (χ1v) is 5.87. The first-order chi connectivity index (χ1) is 7.96. The average Bonchev–Trinajstić information content (AvgIpc) is 2.55. The van der Waals surface area contributed by atoms with Crippen molar-refractivity contribution in [2.75, 3.05) is 0 Å². The van der Waals surface area contributed by atoms with Gasteiger partial charge in [-0.05, 0) is 37.6 Å². The summed E-state index contributed by atoms with van der Waals surface area (Å²) in [6.45, 7) is 3.83. The fourth-order valence-electron chi connectivity index (χ4n) is 2.34. The van der Waals surface area contributed by atoms with Crippen LogP contribution in [0.3, 0.4) is 0 Å². The lowest BCUT2D eigenvalue weighted by Gasteiger charge is -2.29. The minimum absolute atomic E-state index is 0.288. The van der Waals surface area contributed by atoms with E-state index in [0.717, 1.165) is 16.5 Å². The van der Waals surface area contributed by atoms with Gasteiger partial charge in [0.15, 0.2) is 0 Å². The minimum Gasteiger partial charge on any atom is -0.455 e. The Balaban J connectivity index is 2.30. The van der Waals surface area contributed by atoms with E-state index in [9.17, 15) is 4.79 Å². The molecule has 0 fully saturated rings. The van der Waals surface area contributed by atoms with Crippen LogP contribution in [-0.4, -0.2) is 16.6 Å². The molecule has 2 aromatic rings. The van der Waals surface area contributed by atoms with Gasteiger partial charge in [0.05, 0.1) is 0 Å². The maximum absolute atomic E-state index is 11.9. The number of halogens is 1. The van der Waals surface area contributed by atoms with Crippen LogP contribution >= 0.6 is 11.6 Å². The summed E-state index contributed by atoms with van der Waals surface area (Å²) >= 11 is 6.00. The normalized spacial score (nSPS) is 17.9. The van der Waals surface area contributed by atoms with Crippen LogP contribution in [0.5, 0.6) is 0 Å². The number of aromatic amines is 1. The average molecular weight is 250 g/mol. The van der Waals surface area contributed by atoms with Crippen molar-refractivity contribution >= 4 is 28.5 Å². The highest BCUT2D eigenvalue weighted by molar-refractivity contribution is 6.31. The Kier molecular flexibility index (Phi) is 2.05. The van der Waals surface area contributed by atoms with E-state index in [1.807, 2.05) is 32.0 Å². The summed E-state index contributed by atoms with van der Waals surface area (Å²) in [5.74, 6) is -0.288. The molecule has 0 amide bonds. The van der Waals surface area contributed by atoms with E-state index in [4.69, 9.17) is 16.3 Å². The zero-order valence-corrected chi connectivity index (χ0v) is 10.4. The molecule has 3 rings (SSSR count). The molecule has 0 unspecified atom stereocenters. The number of H-pyrrole nitrogens is 1. The predicted octanol–water partition coefficient (Wildman–Crippen LogP) is 3.31. The lowest BCUT2D eigenvalue weighted by atomic mass is 9.93. The molecule has 0 bridgehead atoms. The number of carbonyl (C=O) groups excluding carboxylic acids is 1. The smallest absolute Gasteiger partial charge is 0.355 e. The van der Waals surface area contributed by atoms with Crippen molar-refractivity contribution in [2.24, 2.45) is 0 Å². The Bertz CT molecular complexity index is 628. The number of carbonyl (C=O) groups is 1. The van der Waals surface area contributed by atoms with Gasteiger partial charge in [-0.15, -0.1) is 0 Å². The molecular formula is C13H12ClNO2. The van der Waals surface area contributed by atoms with Gasteiger partial charge in [-0.25, -0.2) is 4.79 Å². The molecule has 1 aliphatic heterocycles. The highest BCUT2D eigenvalue weighted by Crippen LogP contribution is 2.34. The Hall–Kier alpha value is -1.48. The summed E-state index contributed by atoms with van der Waals surface area (Å²) in [6.07, 6.45) is 0.703.